The van der Waals surface area contributed by atoms with E-state index in [-0.39, 0.29) is 6.42 Å². The van der Waals surface area contributed by atoms with Crippen molar-refractivity contribution >= 4 is 11.9 Å². The molecule has 0 radical (unpaired) electrons. The molecule has 0 aromatic carbocycles. The van der Waals surface area contributed by atoms with Crippen molar-refractivity contribution in [1.82, 2.24) is 4.98 Å². The van der Waals surface area contributed by atoms with E-state index in [1.165, 1.54) is 7.11 Å². The summed E-state index contributed by atoms with van der Waals surface area (Å²) in [5.74, 6) is -2.70. The second kappa shape index (κ2) is 6.00. The third-order valence-corrected chi connectivity index (χ3v) is 2.41. The number of carbonyl (C=O) groups excluding carboxylic acids is 1. The zero-order valence-corrected chi connectivity index (χ0v) is 10.5. The minimum Gasteiger partial charge on any atom is -0.497 e. The highest BCUT2D eigenvalue weighted by Crippen LogP contribution is 2.17. The van der Waals surface area contributed by atoms with Gasteiger partial charge in [-0.15, -0.1) is 0 Å². The standard InChI is InChI=1S/C12H15NO5/c1-7-4-9(17-2)5-8(13-7)6-10(11(14)15)12(16)18-3/h4-5,10H,6H2,1-3H3,(H,14,15). The minimum atomic E-state index is -1.26. The fourth-order valence-electron chi connectivity index (χ4n) is 1.55. The molecular formula is C12H15NO5. The molecule has 1 atom stereocenters. The van der Waals surface area contributed by atoms with Crippen molar-refractivity contribution in [3.8, 4) is 5.75 Å². The smallest absolute Gasteiger partial charge is 0.320 e. The number of ether oxygens (including phenoxy) is 2. The average molecular weight is 253 g/mol. The molecule has 0 spiro atoms. The van der Waals surface area contributed by atoms with Crippen molar-refractivity contribution in [3.05, 3.63) is 23.5 Å². The average Bonchev–Trinajstić information content (AvgIpc) is 2.34. The summed E-state index contributed by atoms with van der Waals surface area (Å²) in [7, 11) is 2.66. The highest BCUT2D eigenvalue weighted by molar-refractivity contribution is 5.94. The maximum atomic E-state index is 11.3. The Bertz CT molecular complexity index is 458. The van der Waals surface area contributed by atoms with Crippen LogP contribution in [0.25, 0.3) is 0 Å². The Kier molecular flexibility index (Phi) is 4.65. The van der Waals surface area contributed by atoms with E-state index >= 15 is 0 Å². The second-order valence-corrected chi connectivity index (χ2v) is 3.76. The molecule has 0 aliphatic heterocycles. The van der Waals surface area contributed by atoms with E-state index in [1.54, 1.807) is 19.1 Å². The first-order valence-electron chi connectivity index (χ1n) is 5.30. The quantitative estimate of drug-likeness (QED) is 0.617. The number of hydrogen-bond donors (Lipinski definition) is 1. The van der Waals surface area contributed by atoms with E-state index in [4.69, 9.17) is 9.84 Å². The molecule has 6 nitrogen and oxygen atoms in total. The molecule has 0 saturated carbocycles. The van der Waals surface area contributed by atoms with E-state index in [9.17, 15) is 9.59 Å². The number of nitrogens with zero attached hydrogens (tertiary/aromatic N) is 1. The summed E-state index contributed by atoms with van der Waals surface area (Å²) >= 11 is 0. The summed E-state index contributed by atoms with van der Waals surface area (Å²) in [5.41, 5.74) is 1.17. The lowest BCUT2D eigenvalue weighted by Gasteiger charge is -2.11. The first-order chi connectivity index (χ1) is 8.47. The van der Waals surface area contributed by atoms with Crippen LogP contribution in [0, 0.1) is 12.8 Å². The number of aryl methyl sites for hydroxylation is 1. The molecule has 0 aliphatic rings. The van der Waals surface area contributed by atoms with Crippen molar-refractivity contribution in [2.45, 2.75) is 13.3 Å². The van der Waals surface area contributed by atoms with Crippen LogP contribution in [0.5, 0.6) is 5.75 Å². The number of methoxy groups -OCH3 is 2. The van der Waals surface area contributed by atoms with Crippen LogP contribution in [-0.4, -0.2) is 36.2 Å². The fourth-order valence-corrected chi connectivity index (χ4v) is 1.55. The summed E-state index contributed by atoms with van der Waals surface area (Å²) in [5, 5.41) is 8.97. The largest absolute Gasteiger partial charge is 0.497 e. The molecule has 1 N–H and O–H groups in total. The molecule has 0 aliphatic carbocycles. The van der Waals surface area contributed by atoms with E-state index in [0.717, 1.165) is 7.11 Å². The van der Waals surface area contributed by atoms with Gasteiger partial charge in [-0.25, -0.2) is 0 Å². The molecule has 1 rings (SSSR count). The Morgan fingerprint density at radius 2 is 2.06 bits per heavy atom. The summed E-state index contributed by atoms with van der Waals surface area (Å²) in [6.45, 7) is 1.76. The molecule has 1 aromatic rings. The number of hydrogen-bond acceptors (Lipinski definition) is 5. The molecule has 1 heterocycles. The van der Waals surface area contributed by atoms with Gasteiger partial charge in [0.25, 0.3) is 0 Å². The van der Waals surface area contributed by atoms with Crippen LogP contribution in [0.3, 0.4) is 0 Å². The van der Waals surface area contributed by atoms with Gasteiger partial charge in [0.1, 0.15) is 5.75 Å². The van der Waals surface area contributed by atoms with Crippen LogP contribution in [0.1, 0.15) is 11.4 Å². The molecule has 0 saturated heterocycles. The maximum Gasteiger partial charge on any atom is 0.320 e. The van der Waals surface area contributed by atoms with Crippen LogP contribution in [0.4, 0.5) is 0 Å². The molecule has 1 aromatic heterocycles. The molecule has 98 valence electrons. The van der Waals surface area contributed by atoms with Gasteiger partial charge in [0.05, 0.1) is 14.2 Å². The highest BCUT2D eigenvalue weighted by atomic mass is 16.5. The predicted octanol–water partition coefficient (Wildman–Crippen LogP) is 0.815. The van der Waals surface area contributed by atoms with E-state index in [1.807, 2.05) is 0 Å². The number of rotatable bonds is 5. The van der Waals surface area contributed by atoms with Gasteiger partial charge in [-0.2, -0.15) is 0 Å². The number of aliphatic carboxylic acids is 1. The normalized spacial score (nSPS) is 11.7. The number of carboxylic acid groups (broad SMARTS) is 1. The van der Waals surface area contributed by atoms with Gasteiger partial charge in [-0.3, -0.25) is 14.6 Å². The zero-order valence-electron chi connectivity index (χ0n) is 10.5. The Morgan fingerprint density at radius 1 is 1.39 bits per heavy atom. The van der Waals surface area contributed by atoms with Crippen LogP contribution in [0.15, 0.2) is 12.1 Å². The van der Waals surface area contributed by atoms with Gasteiger partial charge in [-0.05, 0) is 6.92 Å². The Morgan fingerprint density at radius 3 is 2.56 bits per heavy atom. The van der Waals surface area contributed by atoms with E-state index in [0.29, 0.717) is 17.1 Å². The molecule has 18 heavy (non-hydrogen) atoms. The maximum absolute atomic E-state index is 11.3. The number of esters is 1. The second-order valence-electron chi connectivity index (χ2n) is 3.76. The van der Waals surface area contributed by atoms with Crippen molar-refractivity contribution in [2.24, 2.45) is 5.92 Å². The van der Waals surface area contributed by atoms with Crippen LogP contribution in [0.2, 0.25) is 0 Å². The predicted molar refractivity (Wildman–Crippen MR) is 62.4 cm³/mol. The van der Waals surface area contributed by atoms with Gasteiger partial charge in [0.15, 0.2) is 5.92 Å². The van der Waals surface area contributed by atoms with Gasteiger partial charge in [-0.1, -0.05) is 0 Å². The fraction of sp³-hybridized carbons (Fsp3) is 0.417. The number of carboxylic acids is 1. The minimum absolute atomic E-state index is 0.0277. The Labute approximate surface area is 105 Å². The summed E-state index contributed by atoms with van der Waals surface area (Å²) in [4.78, 5) is 26.5. The monoisotopic (exact) mass is 253 g/mol. The van der Waals surface area contributed by atoms with E-state index in [2.05, 4.69) is 9.72 Å². The third kappa shape index (κ3) is 3.44. The molecular weight excluding hydrogens is 238 g/mol. The number of pyridine rings is 1. The lowest BCUT2D eigenvalue weighted by molar-refractivity contribution is -0.156. The first kappa shape index (κ1) is 14.0. The highest BCUT2D eigenvalue weighted by Gasteiger charge is 2.28. The van der Waals surface area contributed by atoms with Gasteiger partial charge in [0.2, 0.25) is 0 Å². The molecule has 6 heteroatoms. The molecule has 0 bridgehead atoms. The lowest BCUT2D eigenvalue weighted by Crippen LogP contribution is -2.27. The lowest BCUT2D eigenvalue weighted by atomic mass is 10.0. The SMILES string of the molecule is COC(=O)C(Cc1cc(OC)cc(C)n1)C(=O)O. The number of aromatic nitrogens is 1. The van der Waals surface area contributed by atoms with Gasteiger partial charge in [0, 0.05) is 29.9 Å². The molecule has 0 amide bonds. The zero-order chi connectivity index (χ0) is 13.7. The van der Waals surface area contributed by atoms with Crippen molar-refractivity contribution in [3.63, 3.8) is 0 Å². The number of carbonyl (C=O) groups is 2. The summed E-state index contributed by atoms with van der Waals surface area (Å²) in [6.07, 6.45) is -0.0277. The van der Waals surface area contributed by atoms with E-state index < -0.39 is 17.9 Å². The first-order valence-corrected chi connectivity index (χ1v) is 5.30. The van der Waals surface area contributed by atoms with Crippen molar-refractivity contribution in [2.75, 3.05) is 14.2 Å². The van der Waals surface area contributed by atoms with Crippen molar-refractivity contribution < 1.29 is 24.2 Å². The molecule has 0 fully saturated rings. The van der Waals surface area contributed by atoms with Crippen LogP contribution < -0.4 is 4.74 Å². The van der Waals surface area contributed by atoms with Crippen molar-refractivity contribution in [1.29, 1.82) is 0 Å². The molecule has 1 unspecified atom stereocenters. The topological polar surface area (TPSA) is 85.7 Å². The Balaban J connectivity index is 2.97. The third-order valence-electron chi connectivity index (χ3n) is 2.41. The van der Waals surface area contributed by atoms with Crippen LogP contribution >= 0.6 is 0 Å². The van der Waals surface area contributed by atoms with Gasteiger partial charge < -0.3 is 14.6 Å². The summed E-state index contributed by atoms with van der Waals surface area (Å²) in [6, 6.07) is 3.32. The Hall–Kier alpha value is -2.11. The van der Waals surface area contributed by atoms with Gasteiger partial charge >= 0.3 is 11.9 Å². The summed E-state index contributed by atoms with van der Waals surface area (Å²) < 4.78 is 9.51. The van der Waals surface area contributed by atoms with Crippen LogP contribution in [-0.2, 0) is 20.7 Å².